The van der Waals surface area contributed by atoms with Crippen LogP contribution in [0.15, 0.2) is 60.7 Å². The summed E-state index contributed by atoms with van der Waals surface area (Å²) in [7, 11) is 0. The largest absolute Gasteiger partial charge is 0.308 e. The molecule has 0 fully saturated rings. The van der Waals surface area contributed by atoms with Crippen LogP contribution in [0, 0.1) is 0 Å². The summed E-state index contributed by atoms with van der Waals surface area (Å²) in [6, 6.07) is 20.2. The van der Waals surface area contributed by atoms with Gasteiger partial charge in [0.1, 0.15) is 0 Å². The van der Waals surface area contributed by atoms with Crippen molar-refractivity contribution in [3.8, 4) is 0 Å². The molecular weight excluding hydrogens is 308 g/mol. The minimum Gasteiger partial charge on any atom is -0.308 e. The quantitative estimate of drug-likeness (QED) is 0.625. The third-order valence-electron chi connectivity index (χ3n) is 4.27. The number of hydrogen-bond donors (Lipinski definition) is 0. The summed E-state index contributed by atoms with van der Waals surface area (Å²) in [5, 5.41) is 0. The molecule has 25 heavy (non-hydrogen) atoms. The molecule has 0 aromatic heterocycles. The number of rotatable bonds is 10. The average molecular weight is 338 g/mol. The van der Waals surface area contributed by atoms with Gasteiger partial charge in [-0.25, -0.2) is 0 Å². The molecule has 0 N–H and O–H groups in total. The van der Waals surface area contributed by atoms with Gasteiger partial charge in [-0.3, -0.25) is 4.79 Å². The van der Waals surface area contributed by atoms with Crippen molar-refractivity contribution in [2.45, 2.75) is 39.7 Å². The molecule has 0 aliphatic rings. The van der Waals surface area contributed by atoms with Gasteiger partial charge in [0.2, 0.25) is 5.91 Å². The minimum atomic E-state index is 0.187. The van der Waals surface area contributed by atoms with E-state index in [1.54, 1.807) is 0 Å². The molecule has 0 spiro atoms. The third-order valence-corrected chi connectivity index (χ3v) is 4.27. The van der Waals surface area contributed by atoms with Crippen LogP contribution < -0.4 is 4.90 Å². The summed E-state index contributed by atoms with van der Waals surface area (Å²) < 4.78 is 0. The molecule has 0 aliphatic carbocycles. The monoisotopic (exact) mass is 338 g/mol. The molecule has 0 heterocycles. The first-order valence-electron chi connectivity index (χ1n) is 9.36. The fraction of sp³-hybridized carbons (Fsp3) is 0.409. The summed E-state index contributed by atoms with van der Waals surface area (Å²) >= 11 is 0. The molecule has 1 amide bonds. The molecule has 3 heteroatoms. The number of anilines is 1. The number of amides is 1. The van der Waals surface area contributed by atoms with Crippen LogP contribution in [0.2, 0.25) is 0 Å². The number of hydrogen-bond acceptors (Lipinski definition) is 2. The van der Waals surface area contributed by atoms with Crippen LogP contribution in [0.5, 0.6) is 0 Å². The molecule has 2 aromatic carbocycles. The second-order valence-electron chi connectivity index (χ2n) is 6.39. The van der Waals surface area contributed by atoms with Gasteiger partial charge in [-0.1, -0.05) is 62.4 Å². The second-order valence-corrected chi connectivity index (χ2v) is 6.39. The predicted octanol–water partition coefficient (Wildman–Crippen LogP) is 4.73. The van der Waals surface area contributed by atoms with E-state index in [1.807, 2.05) is 53.4 Å². The van der Waals surface area contributed by atoms with Gasteiger partial charge >= 0.3 is 0 Å². The van der Waals surface area contributed by atoms with Gasteiger partial charge in [-0.15, -0.1) is 0 Å². The van der Waals surface area contributed by atoms with E-state index < -0.39 is 0 Å². The maximum absolute atomic E-state index is 13.0. The SMILES string of the molecule is CCCN(CCC)CCC(=O)N(Cc1ccccc1)c1ccccc1. The summed E-state index contributed by atoms with van der Waals surface area (Å²) in [5.74, 6) is 0.187. The lowest BCUT2D eigenvalue weighted by molar-refractivity contribution is -0.119. The molecule has 2 rings (SSSR count). The van der Waals surface area contributed by atoms with Crippen molar-refractivity contribution >= 4 is 11.6 Å². The minimum absolute atomic E-state index is 0.187. The molecule has 0 radical (unpaired) electrons. The van der Waals surface area contributed by atoms with Crippen molar-refractivity contribution in [2.24, 2.45) is 0 Å². The zero-order valence-corrected chi connectivity index (χ0v) is 15.5. The predicted molar refractivity (Wildman–Crippen MR) is 106 cm³/mol. The van der Waals surface area contributed by atoms with Crippen LogP contribution in [-0.4, -0.2) is 30.4 Å². The zero-order chi connectivity index (χ0) is 17.9. The first-order chi connectivity index (χ1) is 12.2. The standard InChI is InChI=1S/C22H30N2O/c1-3-16-23(17-4-2)18-15-22(25)24(21-13-9-6-10-14-21)19-20-11-7-5-8-12-20/h5-14H,3-4,15-19H2,1-2H3. The maximum atomic E-state index is 13.0. The fourth-order valence-corrected chi connectivity index (χ4v) is 3.05. The van der Waals surface area contributed by atoms with Crippen molar-refractivity contribution in [1.29, 1.82) is 0 Å². The lowest BCUT2D eigenvalue weighted by Gasteiger charge is -2.26. The van der Waals surface area contributed by atoms with Gasteiger partial charge < -0.3 is 9.80 Å². The Morgan fingerprint density at radius 1 is 0.800 bits per heavy atom. The van der Waals surface area contributed by atoms with Crippen molar-refractivity contribution in [1.82, 2.24) is 4.90 Å². The van der Waals surface area contributed by atoms with Gasteiger partial charge in [-0.05, 0) is 43.6 Å². The van der Waals surface area contributed by atoms with Crippen LogP contribution >= 0.6 is 0 Å². The Bertz CT molecular complexity index is 606. The Labute approximate surface area is 152 Å². The van der Waals surface area contributed by atoms with Gasteiger partial charge in [0.05, 0.1) is 6.54 Å². The van der Waals surface area contributed by atoms with Crippen LogP contribution in [0.4, 0.5) is 5.69 Å². The lowest BCUT2D eigenvalue weighted by Crippen LogP contribution is -2.35. The third kappa shape index (κ3) is 6.35. The summed E-state index contributed by atoms with van der Waals surface area (Å²) in [4.78, 5) is 17.3. The van der Waals surface area contributed by atoms with Crippen LogP contribution in [0.1, 0.15) is 38.7 Å². The molecule has 0 unspecified atom stereocenters. The van der Waals surface area contributed by atoms with Crippen molar-refractivity contribution in [3.63, 3.8) is 0 Å². The van der Waals surface area contributed by atoms with Gasteiger partial charge in [-0.2, -0.15) is 0 Å². The van der Waals surface area contributed by atoms with E-state index in [1.165, 1.54) is 0 Å². The van der Waals surface area contributed by atoms with Crippen molar-refractivity contribution in [3.05, 3.63) is 66.2 Å². The van der Waals surface area contributed by atoms with Gasteiger partial charge in [0.25, 0.3) is 0 Å². The number of nitrogens with zero attached hydrogens (tertiary/aromatic N) is 2. The van der Waals surface area contributed by atoms with Gasteiger partial charge in [0, 0.05) is 18.7 Å². The van der Waals surface area contributed by atoms with Crippen LogP contribution in [0.25, 0.3) is 0 Å². The molecular formula is C22H30N2O. The van der Waals surface area contributed by atoms with E-state index in [0.717, 1.165) is 43.7 Å². The van der Waals surface area contributed by atoms with E-state index in [2.05, 4.69) is 30.9 Å². The highest BCUT2D eigenvalue weighted by Gasteiger charge is 2.17. The molecule has 3 nitrogen and oxygen atoms in total. The highest BCUT2D eigenvalue weighted by molar-refractivity contribution is 5.93. The van der Waals surface area contributed by atoms with Crippen LogP contribution in [-0.2, 0) is 11.3 Å². The molecule has 0 saturated carbocycles. The number of para-hydroxylation sites is 1. The van der Waals surface area contributed by atoms with E-state index in [-0.39, 0.29) is 5.91 Å². The topological polar surface area (TPSA) is 23.6 Å². The van der Waals surface area contributed by atoms with Crippen LogP contribution in [0.3, 0.4) is 0 Å². The van der Waals surface area contributed by atoms with Gasteiger partial charge in [0.15, 0.2) is 0 Å². The first kappa shape index (κ1) is 19.2. The highest BCUT2D eigenvalue weighted by atomic mass is 16.2. The van der Waals surface area contributed by atoms with Crippen molar-refractivity contribution in [2.75, 3.05) is 24.5 Å². The molecule has 0 aliphatic heterocycles. The Morgan fingerprint density at radius 3 is 1.92 bits per heavy atom. The Morgan fingerprint density at radius 2 is 1.36 bits per heavy atom. The molecule has 134 valence electrons. The summed E-state index contributed by atoms with van der Waals surface area (Å²) in [5.41, 5.74) is 2.12. The highest BCUT2D eigenvalue weighted by Crippen LogP contribution is 2.18. The Hall–Kier alpha value is -2.13. The summed E-state index contributed by atoms with van der Waals surface area (Å²) in [6.45, 7) is 7.95. The van der Waals surface area contributed by atoms with E-state index >= 15 is 0 Å². The fourth-order valence-electron chi connectivity index (χ4n) is 3.05. The Kier molecular flexibility index (Phi) is 8.20. The zero-order valence-electron chi connectivity index (χ0n) is 15.5. The molecule has 0 saturated heterocycles. The number of carbonyl (C=O) groups is 1. The van der Waals surface area contributed by atoms with E-state index in [0.29, 0.717) is 13.0 Å². The summed E-state index contributed by atoms with van der Waals surface area (Å²) in [6.07, 6.45) is 2.81. The maximum Gasteiger partial charge on any atom is 0.228 e. The normalized spacial score (nSPS) is 10.8. The van der Waals surface area contributed by atoms with Crippen molar-refractivity contribution < 1.29 is 4.79 Å². The number of benzene rings is 2. The van der Waals surface area contributed by atoms with E-state index in [9.17, 15) is 4.79 Å². The molecule has 0 bridgehead atoms. The molecule has 0 atom stereocenters. The second kappa shape index (κ2) is 10.7. The first-order valence-corrected chi connectivity index (χ1v) is 9.36. The Balaban J connectivity index is 2.07. The molecule has 2 aromatic rings. The number of carbonyl (C=O) groups excluding carboxylic acids is 1. The lowest BCUT2D eigenvalue weighted by atomic mass is 10.1. The smallest absolute Gasteiger partial charge is 0.228 e. The van der Waals surface area contributed by atoms with E-state index in [4.69, 9.17) is 0 Å². The average Bonchev–Trinajstić information content (AvgIpc) is 2.66.